The van der Waals surface area contributed by atoms with Crippen LogP contribution in [0.15, 0.2) is 54.6 Å². The molecule has 5 heteroatoms. The number of hydrogen-bond donors (Lipinski definition) is 1. The van der Waals surface area contributed by atoms with Gasteiger partial charge in [-0.1, -0.05) is 24.3 Å². The van der Waals surface area contributed by atoms with E-state index in [-0.39, 0.29) is 5.91 Å². The number of esters is 1. The second kappa shape index (κ2) is 6.50. The number of pyridine rings is 1. The highest BCUT2D eigenvalue weighted by atomic mass is 16.5. The molecule has 0 spiro atoms. The molecule has 3 rings (SSSR count). The summed E-state index contributed by atoms with van der Waals surface area (Å²) in [6.45, 7) is 1.85. The largest absolute Gasteiger partial charge is 0.465 e. The number of nitrogens with one attached hydrogen (secondary N) is 1. The van der Waals surface area contributed by atoms with Gasteiger partial charge in [-0.3, -0.25) is 9.78 Å². The standard InChI is InChI=1S/C19H16N2O3/c1-12-10-16(15-8-3-4-9-17(15)20-12)18(22)21-14-7-5-6-13(11-14)19(23)24-2/h3-11H,1-2H3,(H,21,22). The zero-order chi connectivity index (χ0) is 17.1. The summed E-state index contributed by atoms with van der Waals surface area (Å²) in [6, 6.07) is 15.9. The van der Waals surface area contributed by atoms with Crippen molar-refractivity contribution in [1.82, 2.24) is 4.98 Å². The van der Waals surface area contributed by atoms with Crippen molar-refractivity contribution in [2.75, 3.05) is 12.4 Å². The topological polar surface area (TPSA) is 68.3 Å². The van der Waals surface area contributed by atoms with Crippen LogP contribution in [0, 0.1) is 6.92 Å². The maximum absolute atomic E-state index is 12.7. The van der Waals surface area contributed by atoms with E-state index in [4.69, 9.17) is 4.74 Å². The van der Waals surface area contributed by atoms with Gasteiger partial charge in [-0.05, 0) is 37.3 Å². The molecule has 0 fully saturated rings. The van der Waals surface area contributed by atoms with Gasteiger partial charge in [0.05, 0.1) is 23.8 Å². The smallest absolute Gasteiger partial charge is 0.337 e. The summed E-state index contributed by atoms with van der Waals surface area (Å²) in [6.07, 6.45) is 0. The molecule has 0 atom stereocenters. The third kappa shape index (κ3) is 3.10. The number of amides is 1. The first-order chi connectivity index (χ1) is 11.6. The van der Waals surface area contributed by atoms with Gasteiger partial charge in [-0.15, -0.1) is 0 Å². The first-order valence-electron chi connectivity index (χ1n) is 7.44. The number of anilines is 1. The SMILES string of the molecule is COC(=O)c1cccc(NC(=O)c2cc(C)nc3ccccc23)c1. The second-order valence-corrected chi connectivity index (χ2v) is 5.35. The van der Waals surface area contributed by atoms with Gasteiger partial charge in [0.1, 0.15) is 0 Å². The Kier molecular flexibility index (Phi) is 4.24. The number of methoxy groups -OCH3 is 1. The van der Waals surface area contributed by atoms with E-state index in [1.165, 1.54) is 7.11 Å². The maximum atomic E-state index is 12.7. The highest BCUT2D eigenvalue weighted by molar-refractivity contribution is 6.12. The lowest BCUT2D eigenvalue weighted by Crippen LogP contribution is -2.13. The Morgan fingerprint density at radius 1 is 1.04 bits per heavy atom. The molecular weight excluding hydrogens is 304 g/mol. The Bertz CT molecular complexity index is 935. The molecule has 0 bridgehead atoms. The minimum Gasteiger partial charge on any atom is -0.465 e. The molecule has 0 aliphatic carbocycles. The van der Waals surface area contributed by atoms with Crippen LogP contribution in [0.3, 0.4) is 0 Å². The van der Waals surface area contributed by atoms with Gasteiger partial charge in [-0.25, -0.2) is 4.79 Å². The Morgan fingerprint density at radius 2 is 1.83 bits per heavy atom. The monoisotopic (exact) mass is 320 g/mol. The number of nitrogens with zero attached hydrogens (tertiary/aromatic N) is 1. The molecule has 1 heterocycles. The number of carbonyl (C=O) groups is 2. The van der Waals surface area contributed by atoms with Crippen molar-refractivity contribution in [3.8, 4) is 0 Å². The molecule has 1 aromatic heterocycles. The molecule has 24 heavy (non-hydrogen) atoms. The molecule has 0 saturated heterocycles. The predicted octanol–water partition coefficient (Wildman–Crippen LogP) is 3.58. The highest BCUT2D eigenvalue weighted by Gasteiger charge is 2.13. The fourth-order valence-corrected chi connectivity index (χ4v) is 2.54. The Labute approximate surface area is 139 Å². The van der Waals surface area contributed by atoms with E-state index in [0.29, 0.717) is 16.8 Å². The zero-order valence-corrected chi connectivity index (χ0v) is 13.4. The van der Waals surface area contributed by atoms with Crippen molar-refractivity contribution >= 4 is 28.5 Å². The second-order valence-electron chi connectivity index (χ2n) is 5.35. The number of carbonyl (C=O) groups excluding carboxylic acids is 2. The van der Waals surface area contributed by atoms with Gasteiger partial charge in [-0.2, -0.15) is 0 Å². The van der Waals surface area contributed by atoms with Crippen LogP contribution in [-0.4, -0.2) is 24.0 Å². The van der Waals surface area contributed by atoms with Crippen molar-refractivity contribution in [1.29, 1.82) is 0 Å². The number of benzene rings is 2. The van der Waals surface area contributed by atoms with Crippen LogP contribution in [0.25, 0.3) is 10.9 Å². The summed E-state index contributed by atoms with van der Waals surface area (Å²) in [5.41, 5.74) is 2.99. The summed E-state index contributed by atoms with van der Waals surface area (Å²) in [5.74, 6) is -0.699. The van der Waals surface area contributed by atoms with Crippen LogP contribution in [0.5, 0.6) is 0 Å². The maximum Gasteiger partial charge on any atom is 0.337 e. The zero-order valence-electron chi connectivity index (χ0n) is 13.4. The van der Waals surface area contributed by atoms with Gasteiger partial charge in [0.2, 0.25) is 0 Å². The Hall–Kier alpha value is -3.21. The first-order valence-corrected chi connectivity index (χ1v) is 7.44. The van der Waals surface area contributed by atoms with Crippen LogP contribution in [0.4, 0.5) is 5.69 Å². The number of hydrogen-bond acceptors (Lipinski definition) is 4. The lowest BCUT2D eigenvalue weighted by molar-refractivity contribution is 0.0600. The van der Waals surface area contributed by atoms with Crippen molar-refractivity contribution < 1.29 is 14.3 Å². The van der Waals surface area contributed by atoms with Crippen LogP contribution in [0.1, 0.15) is 26.4 Å². The van der Waals surface area contributed by atoms with Gasteiger partial charge in [0, 0.05) is 16.8 Å². The lowest BCUT2D eigenvalue weighted by Gasteiger charge is -2.10. The van der Waals surface area contributed by atoms with Gasteiger partial charge in [0.15, 0.2) is 0 Å². The molecular formula is C19H16N2O3. The molecule has 2 aromatic carbocycles. The summed E-state index contributed by atoms with van der Waals surface area (Å²) in [7, 11) is 1.32. The third-order valence-electron chi connectivity index (χ3n) is 3.63. The predicted molar refractivity (Wildman–Crippen MR) is 92.2 cm³/mol. The summed E-state index contributed by atoms with van der Waals surface area (Å²) in [4.78, 5) is 28.7. The molecule has 3 aromatic rings. The van der Waals surface area contributed by atoms with Gasteiger partial charge >= 0.3 is 5.97 Å². The number of aryl methyl sites for hydroxylation is 1. The quantitative estimate of drug-likeness (QED) is 0.749. The van der Waals surface area contributed by atoms with Crippen molar-refractivity contribution in [3.05, 3.63) is 71.4 Å². The van der Waals surface area contributed by atoms with E-state index in [9.17, 15) is 9.59 Å². The molecule has 0 aliphatic heterocycles. The van der Waals surface area contributed by atoms with E-state index in [1.54, 1.807) is 30.3 Å². The van der Waals surface area contributed by atoms with E-state index in [1.807, 2.05) is 31.2 Å². The third-order valence-corrected chi connectivity index (χ3v) is 3.63. The number of rotatable bonds is 3. The number of ether oxygens (including phenoxy) is 1. The minimum atomic E-state index is -0.448. The molecule has 0 aliphatic rings. The number of aromatic nitrogens is 1. The van der Waals surface area contributed by atoms with E-state index in [2.05, 4.69) is 10.3 Å². The minimum absolute atomic E-state index is 0.251. The fourth-order valence-electron chi connectivity index (χ4n) is 2.54. The van der Waals surface area contributed by atoms with Crippen LogP contribution in [-0.2, 0) is 4.74 Å². The average molecular weight is 320 g/mol. The van der Waals surface area contributed by atoms with E-state index in [0.717, 1.165) is 16.6 Å². The average Bonchev–Trinajstić information content (AvgIpc) is 2.60. The van der Waals surface area contributed by atoms with Crippen molar-refractivity contribution in [2.24, 2.45) is 0 Å². The fraction of sp³-hybridized carbons (Fsp3) is 0.105. The highest BCUT2D eigenvalue weighted by Crippen LogP contribution is 2.20. The molecule has 120 valence electrons. The van der Waals surface area contributed by atoms with Crippen molar-refractivity contribution in [3.63, 3.8) is 0 Å². The summed E-state index contributed by atoms with van der Waals surface area (Å²) >= 11 is 0. The molecule has 0 radical (unpaired) electrons. The molecule has 5 nitrogen and oxygen atoms in total. The lowest BCUT2D eigenvalue weighted by atomic mass is 10.1. The van der Waals surface area contributed by atoms with Crippen LogP contribution >= 0.6 is 0 Å². The van der Waals surface area contributed by atoms with E-state index < -0.39 is 5.97 Å². The van der Waals surface area contributed by atoms with Crippen LogP contribution < -0.4 is 5.32 Å². The van der Waals surface area contributed by atoms with E-state index >= 15 is 0 Å². The normalized spacial score (nSPS) is 10.4. The molecule has 0 saturated carbocycles. The Balaban J connectivity index is 1.95. The van der Waals surface area contributed by atoms with Crippen molar-refractivity contribution in [2.45, 2.75) is 6.92 Å². The molecule has 1 N–H and O–H groups in total. The number of para-hydroxylation sites is 1. The van der Waals surface area contributed by atoms with Gasteiger partial charge in [0.25, 0.3) is 5.91 Å². The molecule has 0 unspecified atom stereocenters. The first kappa shape index (κ1) is 15.7. The Morgan fingerprint density at radius 3 is 2.62 bits per heavy atom. The number of fused-ring (bicyclic) bond motifs is 1. The summed E-state index contributed by atoms with van der Waals surface area (Å²) in [5, 5.41) is 3.60. The van der Waals surface area contributed by atoms with Crippen LogP contribution in [0.2, 0.25) is 0 Å². The molecule has 1 amide bonds. The summed E-state index contributed by atoms with van der Waals surface area (Å²) < 4.78 is 4.69. The van der Waals surface area contributed by atoms with Gasteiger partial charge < -0.3 is 10.1 Å².